The molecular formula is C13H25N3S. The summed E-state index contributed by atoms with van der Waals surface area (Å²) in [4.78, 5) is 6.83. The maximum Gasteiger partial charge on any atom is 0.0897 e. The molecule has 3 nitrogen and oxygen atoms in total. The Hall–Kier alpha value is -0.450. The fourth-order valence-corrected chi connectivity index (χ4v) is 2.58. The van der Waals surface area contributed by atoms with Crippen LogP contribution in [0.5, 0.6) is 0 Å². The highest BCUT2D eigenvalue weighted by Gasteiger charge is 2.05. The Morgan fingerprint density at radius 2 is 2.24 bits per heavy atom. The first-order valence-electron chi connectivity index (χ1n) is 6.41. The molecule has 0 saturated heterocycles. The van der Waals surface area contributed by atoms with Crippen molar-refractivity contribution in [2.24, 2.45) is 11.7 Å². The normalized spacial score (nSPS) is 13.2. The molecule has 1 atom stereocenters. The number of hydrogen-bond donors (Lipinski definition) is 1. The van der Waals surface area contributed by atoms with Gasteiger partial charge in [0.2, 0.25) is 0 Å². The predicted molar refractivity (Wildman–Crippen MR) is 75.3 cm³/mol. The molecule has 1 heterocycles. The van der Waals surface area contributed by atoms with E-state index in [2.05, 4.69) is 36.2 Å². The van der Waals surface area contributed by atoms with E-state index in [4.69, 9.17) is 5.73 Å². The minimum Gasteiger partial charge on any atom is -0.330 e. The lowest BCUT2D eigenvalue weighted by atomic mass is 10.0. The number of rotatable bonds is 8. The third kappa shape index (κ3) is 6.15. The third-order valence-corrected chi connectivity index (χ3v) is 3.82. The van der Waals surface area contributed by atoms with Crippen molar-refractivity contribution in [2.75, 3.05) is 20.1 Å². The van der Waals surface area contributed by atoms with E-state index in [9.17, 15) is 0 Å². The standard InChI is InChI=1S/C13H25N3S/c1-11(6-7-14)5-4-8-16(3)9-13-10-17-12(2)15-13/h10-11H,4-9,14H2,1-3H3. The SMILES string of the molecule is Cc1nc(CN(C)CCCC(C)CCN)cs1. The monoisotopic (exact) mass is 255 g/mol. The second-order valence-electron chi connectivity index (χ2n) is 4.92. The van der Waals surface area contributed by atoms with Crippen LogP contribution in [0.2, 0.25) is 0 Å². The van der Waals surface area contributed by atoms with Crippen LogP contribution in [0, 0.1) is 12.8 Å². The van der Waals surface area contributed by atoms with Crippen molar-refractivity contribution in [1.82, 2.24) is 9.88 Å². The number of aryl methyl sites for hydroxylation is 1. The van der Waals surface area contributed by atoms with E-state index in [1.165, 1.54) is 18.5 Å². The van der Waals surface area contributed by atoms with Gasteiger partial charge in [0.15, 0.2) is 0 Å². The van der Waals surface area contributed by atoms with E-state index in [-0.39, 0.29) is 0 Å². The molecule has 0 radical (unpaired) electrons. The van der Waals surface area contributed by atoms with Crippen LogP contribution in [-0.4, -0.2) is 30.0 Å². The van der Waals surface area contributed by atoms with Gasteiger partial charge >= 0.3 is 0 Å². The van der Waals surface area contributed by atoms with Crippen molar-refractivity contribution in [2.45, 2.75) is 39.7 Å². The van der Waals surface area contributed by atoms with Gasteiger partial charge in [-0.25, -0.2) is 4.98 Å². The lowest BCUT2D eigenvalue weighted by molar-refractivity contribution is 0.303. The van der Waals surface area contributed by atoms with Crippen molar-refractivity contribution in [3.8, 4) is 0 Å². The molecule has 0 aliphatic heterocycles. The molecule has 2 N–H and O–H groups in total. The van der Waals surface area contributed by atoms with Crippen LogP contribution in [0.15, 0.2) is 5.38 Å². The average molecular weight is 255 g/mol. The molecule has 4 heteroatoms. The molecule has 0 bridgehead atoms. The molecule has 1 rings (SSSR count). The van der Waals surface area contributed by atoms with Crippen LogP contribution in [-0.2, 0) is 6.54 Å². The van der Waals surface area contributed by atoms with Crippen LogP contribution >= 0.6 is 11.3 Å². The quantitative estimate of drug-likeness (QED) is 0.776. The van der Waals surface area contributed by atoms with Crippen molar-refractivity contribution in [3.05, 3.63) is 16.1 Å². The Labute approximate surface area is 109 Å². The molecule has 98 valence electrons. The summed E-state index contributed by atoms with van der Waals surface area (Å²) in [6.07, 6.45) is 3.67. The highest BCUT2D eigenvalue weighted by atomic mass is 32.1. The summed E-state index contributed by atoms with van der Waals surface area (Å²) in [6, 6.07) is 0. The molecule has 17 heavy (non-hydrogen) atoms. The topological polar surface area (TPSA) is 42.2 Å². The molecule has 0 amide bonds. The molecule has 1 aromatic heterocycles. The summed E-state index contributed by atoms with van der Waals surface area (Å²) in [5, 5.41) is 3.31. The number of thiazole rings is 1. The van der Waals surface area contributed by atoms with E-state index < -0.39 is 0 Å². The van der Waals surface area contributed by atoms with Gasteiger partial charge in [-0.15, -0.1) is 11.3 Å². The second kappa shape index (κ2) is 7.80. The number of hydrogen-bond acceptors (Lipinski definition) is 4. The zero-order chi connectivity index (χ0) is 12.7. The first-order valence-corrected chi connectivity index (χ1v) is 7.29. The van der Waals surface area contributed by atoms with Gasteiger partial charge < -0.3 is 10.6 Å². The van der Waals surface area contributed by atoms with Crippen LogP contribution in [0.1, 0.15) is 36.9 Å². The highest BCUT2D eigenvalue weighted by Crippen LogP contribution is 2.12. The van der Waals surface area contributed by atoms with E-state index in [1.54, 1.807) is 11.3 Å². The Morgan fingerprint density at radius 1 is 1.47 bits per heavy atom. The lowest BCUT2D eigenvalue weighted by Gasteiger charge is -2.16. The third-order valence-electron chi connectivity index (χ3n) is 2.99. The Balaban J connectivity index is 2.15. The minimum absolute atomic E-state index is 0.759. The van der Waals surface area contributed by atoms with E-state index in [0.717, 1.165) is 37.0 Å². The van der Waals surface area contributed by atoms with E-state index in [0.29, 0.717) is 0 Å². The van der Waals surface area contributed by atoms with Gasteiger partial charge in [0, 0.05) is 11.9 Å². The van der Waals surface area contributed by atoms with Crippen molar-refractivity contribution in [3.63, 3.8) is 0 Å². The smallest absolute Gasteiger partial charge is 0.0897 e. The first kappa shape index (κ1) is 14.6. The predicted octanol–water partition coefficient (Wildman–Crippen LogP) is 2.65. The maximum atomic E-state index is 5.55. The number of nitrogens with two attached hydrogens (primary N) is 1. The molecule has 0 saturated carbocycles. The van der Waals surface area contributed by atoms with Gasteiger partial charge in [0.05, 0.1) is 10.7 Å². The summed E-state index contributed by atoms with van der Waals surface area (Å²) >= 11 is 1.73. The minimum atomic E-state index is 0.759. The molecule has 1 unspecified atom stereocenters. The molecule has 0 aliphatic carbocycles. The van der Waals surface area contributed by atoms with Crippen LogP contribution < -0.4 is 5.73 Å². The van der Waals surface area contributed by atoms with Gasteiger partial charge in [-0.3, -0.25) is 0 Å². The van der Waals surface area contributed by atoms with E-state index >= 15 is 0 Å². The van der Waals surface area contributed by atoms with Gasteiger partial charge in [-0.1, -0.05) is 6.92 Å². The fourth-order valence-electron chi connectivity index (χ4n) is 1.97. The molecular weight excluding hydrogens is 230 g/mol. The molecule has 0 spiro atoms. The largest absolute Gasteiger partial charge is 0.330 e. The summed E-state index contributed by atoms with van der Waals surface area (Å²) in [7, 11) is 2.17. The van der Waals surface area contributed by atoms with Crippen LogP contribution in [0.25, 0.3) is 0 Å². The highest BCUT2D eigenvalue weighted by molar-refractivity contribution is 7.09. The van der Waals surface area contributed by atoms with Gasteiger partial charge in [0.1, 0.15) is 0 Å². The summed E-state index contributed by atoms with van der Waals surface area (Å²) in [6.45, 7) is 7.27. The lowest BCUT2D eigenvalue weighted by Crippen LogP contribution is -2.20. The maximum absolute atomic E-state index is 5.55. The van der Waals surface area contributed by atoms with Crippen LogP contribution in [0.4, 0.5) is 0 Å². The zero-order valence-corrected chi connectivity index (χ0v) is 12.1. The van der Waals surface area contributed by atoms with Crippen molar-refractivity contribution < 1.29 is 0 Å². The molecule has 0 fully saturated rings. The zero-order valence-electron chi connectivity index (χ0n) is 11.3. The van der Waals surface area contributed by atoms with Crippen molar-refractivity contribution in [1.29, 1.82) is 0 Å². The second-order valence-corrected chi connectivity index (χ2v) is 5.98. The fraction of sp³-hybridized carbons (Fsp3) is 0.769. The summed E-state index contributed by atoms with van der Waals surface area (Å²) in [5.74, 6) is 0.759. The first-order chi connectivity index (χ1) is 8.11. The van der Waals surface area contributed by atoms with Crippen LogP contribution in [0.3, 0.4) is 0 Å². The summed E-state index contributed by atoms with van der Waals surface area (Å²) < 4.78 is 0. The Kier molecular flexibility index (Phi) is 6.70. The molecule has 0 aromatic carbocycles. The van der Waals surface area contributed by atoms with Crippen molar-refractivity contribution >= 4 is 11.3 Å². The molecule has 0 aliphatic rings. The number of aromatic nitrogens is 1. The number of nitrogens with zero attached hydrogens (tertiary/aromatic N) is 2. The van der Waals surface area contributed by atoms with E-state index in [1.807, 2.05) is 0 Å². The van der Waals surface area contributed by atoms with Gasteiger partial charge in [-0.05, 0) is 52.2 Å². The summed E-state index contributed by atoms with van der Waals surface area (Å²) in [5.41, 5.74) is 6.75. The van der Waals surface area contributed by atoms with Gasteiger partial charge in [-0.2, -0.15) is 0 Å². The molecule has 1 aromatic rings. The van der Waals surface area contributed by atoms with Gasteiger partial charge in [0.25, 0.3) is 0 Å². The Morgan fingerprint density at radius 3 is 2.82 bits per heavy atom. The average Bonchev–Trinajstić information content (AvgIpc) is 2.64. The Bertz CT molecular complexity index is 311.